The normalized spacial score (nSPS) is 18.3. The molecule has 0 aromatic heterocycles. The van der Waals surface area contributed by atoms with Crippen molar-refractivity contribution in [3.05, 3.63) is 23.3 Å². The number of carbonyl (C=O) groups excluding carboxylic acids is 1. The number of amides is 1. The minimum atomic E-state index is -3.68. The van der Waals surface area contributed by atoms with Crippen LogP contribution in [0.2, 0.25) is 0 Å². The Kier molecular flexibility index (Phi) is 10.3. The molecule has 0 N–H and O–H groups in total. The third kappa shape index (κ3) is 7.61. The van der Waals surface area contributed by atoms with Gasteiger partial charge in [-0.2, -0.15) is 4.31 Å². The maximum Gasteiger partial charge on any atom is 0.248 e. The fourth-order valence-electron chi connectivity index (χ4n) is 4.48. The van der Waals surface area contributed by atoms with Crippen LogP contribution in [0.15, 0.2) is 17.0 Å². The van der Waals surface area contributed by atoms with Gasteiger partial charge in [-0.1, -0.05) is 0 Å². The molecule has 0 radical (unpaired) electrons. The fourth-order valence-corrected chi connectivity index (χ4v) is 6.04. The van der Waals surface area contributed by atoms with Crippen molar-refractivity contribution < 1.29 is 27.4 Å². The van der Waals surface area contributed by atoms with Gasteiger partial charge in [0.2, 0.25) is 15.9 Å². The van der Waals surface area contributed by atoms with Crippen molar-refractivity contribution in [3.63, 3.8) is 0 Å². The summed E-state index contributed by atoms with van der Waals surface area (Å²) in [6.07, 6.45) is 0. The number of morpholine rings is 1. The van der Waals surface area contributed by atoms with Gasteiger partial charge in [-0.15, -0.1) is 0 Å². The van der Waals surface area contributed by atoms with Gasteiger partial charge in [0.15, 0.2) is 0 Å². The van der Waals surface area contributed by atoms with Gasteiger partial charge < -0.3 is 19.1 Å². The molecule has 2 heterocycles. The summed E-state index contributed by atoms with van der Waals surface area (Å²) in [7, 11) is -0.597. The second kappa shape index (κ2) is 13.0. The Morgan fingerprint density at radius 1 is 1.00 bits per heavy atom. The summed E-state index contributed by atoms with van der Waals surface area (Å²) >= 11 is 0. The van der Waals surface area contributed by atoms with Crippen LogP contribution in [0.25, 0.3) is 0 Å². The van der Waals surface area contributed by atoms with E-state index in [1.54, 1.807) is 33.1 Å². The Bertz CT molecular complexity index is 920. The molecule has 2 fully saturated rings. The predicted octanol–water partition coefficient (Wildman–Crippen LogP) is 0.426. The van der Waals surface area contributed by atoms with Gasteiger partial charge in [0.05, 0.1) is 31.8 Å². The lowest BCUT2D eigenvalue weighted by Gasteiger charge is -2.36. The van der Waals surface area contributed by atoms with E-state index in [1.807, 2.05) is 4.90 Å². The Labute approximate surface area is 209 Å². The summed E-state index contributed by atoms with van der Waals surface area (Å²) in [6.45, 7) is 12.5. The number of aryl methyl sites for hydroxylation is 2. The zero-order valence-electron chi connectivity index (χ0n) is 21.5. The quantitative estimate of drug-likeness (QED) is 0.394. The maximum absolute atomic E-state index is 13.1. The zero-order valence-corrected chi connectivity index (χ0v) is 22.3. The topological polar surface area (TPSA) is 91.9 Å². The summed E-state index contributed by atoms with van der Waals surface area (Å²) < 4.78 is 43.6. The van der Waals surface area contributed by atoms with Crippen LogP contribution in [0, 0.1) is 13.8 Å². The molecule has 1 aromatic carbocycles. The number of nitrogens with zero attached hydrogens (tertiary/aromatic N) is 4. The lowest BCUT2D eigenvalue weighted by Crippen LogP contribution is -2.51. The maximum atomic E-state index is 13.1. The number of hydrogen-bond acceptors (Lipinski definition) is 8. The van der Waals surface area contributed by atoms with Crippen LogP contribution in [0.1, 0.15) is 11.1 Å². The molecule has 198 valence electrons. The van der Waals surface area contributed by atoms with E-state index in [2.05, 4.69) is 9.80 Å². The van der Waals surface area contributed by atoms with Gasteiger partial charge in [-0.3, -0.25) is 14.6 Å². The van der Waals surface area contributed by atoms with Crippen LogP contribution in [-0.4, -0.2) is 133 Å². The summed E-state index contributed by atoms with van der Waals surface area (Å²) in [4.78, 5) is 19.5. The number of ether oxygens (including phenoxy) is 3. The van der Waals surface area contributed by atoms with Crippen LogP contribution in [-0.2, 0) is 24.3 Å². The van der Waals surface area contributed by atoms with E-state index in [0.29, 0.717) is 30.0 Å². The molecular weight excluding hydrogens is 472 g/mol. The van der Waals surface area contributed by atoms with E-state index in [1.165, 1.54) is 11.4 Å². The van der Waals surface area contributed by atoms with Crippen LogP contribution in [0.4, 0.5) is 0 Å². The van der Waals surface area contributed by atoms with E-state index in [9.17, 15) is 13.2 Å². The third-order valence-electron chi connectivity index (χ3n) is 6.68. The fraction of sp³-hybridized carbons (Fsp3) is 0.708. The van der Waals surface area contributed by atoms with E-state index in [0.717, 1.165) is 52.5 Å². The highest BCUT2D eigenvalue weighted by atomic mass is 32.2. The molecule has 0 aliphatic carbocycles. The molecule has 35 heavy (non-hydrogen) atoms. The molecule has 10 nitrogen and oxygen atoms in total. The first-order chi connectivity index (χ1) is 16.7. The Morgan fingerprint density at radius 3 is 2.14 bits per heavy atom. The van der Waals surface area contributed by atoms with Crippen molar-refractivity contribution in [3.8, 4) is 5.75 Å². The van der Waals surface area contributed by atoms with Crippen molar-refractivity contribution in [2.45, 2.75) is 18.7 Å². The number of methoxy groups -OCH3 is 1. The van der Waals surface area contributed by atoms with E-state index in [4.69, 9.17) is 14.2 Å². The molecule has 2 saturated heterocycles. The first-order valence-corrected chi connectivity index (χ1v) is 13.7. The van der Waals surface area contributed by atoms with Gasteiger partial charge in [-0.25, -0.2) is 8.42 Å². The lowest BCUT2D eigenvalue weighted by atomic mass is 10.1. The van der Waals surface area contributed by atoms with Crippen molar-refractivity contribution >= 4 is 15.9 Å². The highest BCUT2D eigenvalue weighted by molar-refractivity contribution is 7.89. The number of hydrogen-bond donors (Lipinski definition) is 0. The monoisotopic (exact) mass is 512 g/mol. The van der Waals surface area contributed by atoms with Crippen molar-refractivity contribution in [1.29, 1.82) is 0 Å². The molecular formula is C24H40N4O6S. The van der Waals surface area contributed by atoms with E-state index < -0.39 is 10.0 Å². The highest BCUT2D eigenvalue weighted by Crippen LogP contribution is 2.27. The van der Waals surface area contributed by atoms with Gasteiger partial charge in [0, 0.05) is 66.0 Å². The Balaban J connectivity index is 1.37. The number of carbonyl (C=O) groups is 1. The van der Waals surface area contributed by atoms with Crippen molar-refractivity contribution in [2.24, 2.45) is 0 Å². The Morgan fingerprint density at radius 2 is 1.57 bits per heavy atom. The second-order valence-electron chi connectivity index (χ2n) is 9.15. The Hall–Kier alpha value is -1.76. The second-order valence-corrected chi connectivity index (χ2v) is 11.1. The van der Waals surface area contributed by atoms with Crippen molar-refractivity contribution in [2.75, 3.05) is 99.5 Å². The SMILES string of the molecule is COc1cc(C)c(S(=O)(=O)N(C)CCOCC(=O)N2CCN(CCN3CCOCC3)CC2)c(C)c1. The highest BCUT2D eigenvalue weighted by Gasteiger charge is 2.26. The number of rotatable bonds is 11. The number of piperazine rings is 1. The molecule has 1 aromatic rings. The molecule has 2 aliphatic heterocycles. The molecule has 0 bridgehead atoms. The van der Waals surface area contributed by atoms with Gasteiger partial charge in [0.1, 0.15) is 12.4 Å². The average molecular weight is 513 g/mol. The zero-order chi connectivity index (χ0) is 25.4. The minimum Gasteiger partial charge on any atom is -0.497 e. The van der Waals surface area contributed by atoms with E-state index >= 15 is 0 Å². The van der Waals surface area contributed by atoms with Gasteiger partial charge >= 0.3 is 0 Å². The number of sulfonamides is 1. The first-order valence-electron chi connectivity index (χ1n) is 12.2. The van der Waals surface area contributed by atoms with Gasteiger partial charge in [-0.05, 0) is 37.1 Å². The van der Waals surface area contributed by atoms with Gasteiger partial charge in [0.25, 0.3) is 0 Å². The molecule has 1 amide bonds. The largest absolute Gasteiger partial charge is 0.497 e. The van der Waals surface area contributed by atoms with Crippen molar-refractivity contribution in [1.82, 2.24) is 19.0 Å². The summed E-state index contributed by atoms with van der Waals surface area (Å²) in [5.41, 5.74) is 1.27. The van der Waals surface area contributed by atoms with Crippen LogP contribution in [0.5, 0.6) is 5.75 Å². The van der Waals surface area contributed by atoms with Crippen LogP contribution >= 0.6 is 0 Å². The third-order valence-corrected chi connectivity index (χ3v) is 8.84. The van der Waals surface area contributed by atoms with Crippen LogP contribution < -0.4 is 4.74 Å². The number of benzene rings is 1. The lowest BCUT2D eigenvalue weighted by molar-refractivity contribution is -0.138. The molecule has 0 unspecified atom stereocenters. The summed E-state index contributed by atoms with van der Waals surface area (Å²) in [5, 5.41) is 0. The molecule has 2 aliphatic rings. The first kappa shape index (κ1) is 27.8. The predicted molar refractivity (Wildman–Crippen MR) is 133 cm³/mol. The molecule has 0 atom stereocenters. The average Bonchev–Trinajstić information content (AvgIpc) is 2.85. The van der Waals surface area contributed by atoms with Crippen LogP contribution in [0.3, 0.4) is 0 Å². The standard InChI is InChI=1S/C24H40N4O6S/c1-20-17-22(32-4)18-21(2)24(20)35(30,31)25(3)11-14-34-19-23(29)28-9-7-26(8-10-28)5-6-27-12-15-33-16-13-27/h17-18H,5-16,19H2,1-4H3. The smallest absolute Gasteiger partial charge is 0.248 e. The molecule has 11 heteroatoms. The molecule has 3 rings (SSSR count). The molecule has 0 saturated carbocycles. The minimum absolute atomic E-state index is 0.0394. The summed E-state index contributed by atoms with van der Waals surface area (Å²) in [6, 6.07) is 3.43. The number of likely N-dealkylation sites (N-methyl/N-ethyl adjacent to an activating group) is 1. The molecule has 0 spiro atoms. The van der Waals surface area contributed by atoms with E-state index in [-0.39, 0.29) is 30.6 Å². The summed E-state index contributed by atoms with van der Waals surface area (Å²) in [5.74, 6) is 0.576.